The molecule has 82 valence electrons. The van der Waals surface area contributed by atoms with Crippen LogP contribution in [-0.4, -0.2) is 38.5 Å². The number of amides is 1. The van der Waals surface area contributed by atoms with Crippen LogP contribution < -0.4 is 5.73 Å². The zero-order valence-electron chi connectivity index (χ0n) is 8.51. The lowest BCUT2D eigenvalue weighted by atomic mass is 10.2. The van der Waals surface area contributed by atoms with Crippen LogP contribution in [-0.2, 0) is 0 Å². The molecule has 15 heavy (non-hydrogen) atoms. The van der Waals surface area contributed by atoms with Crippen LogP contribution >= 0.6 is 23.8 Å². The molecule has 2 N–H and O–H groups in total. The van der Waals surface area contributed by atoms with Crippen LogP contribution in [0.1, 0.15) is 23.8 Å². The quantitative estimate of drug-likeness (QED) is 0.788. The summed E-state index contributed by atoms with van der Waals surface area (Å²) in [6.45, 7) is 1.89. The van der Waals surface area contributed by atoms with Crippen LogP contribution in [0.4, 0.5) is 0 Å². The molecule has 0 aliphatic rings. The van der Waals surface area contributed by atoms with Crippen molar-refractivity contribution in [3.05, 3.63) is 11.1 Å². The second-order valence-electron chi connectivity index (χ2n) is 3.23. The van der Waals surface area contributed by atoms with E-state index in [2.05, 4.69) is 9.59 Å². The lowest BCUT2D eigenvalue weighted by molar-refractivity contribution is 0.0742. The maximum atomic E-state index is 11.8. The van der Waals surface area contributed by atoms with Crippen molar-refractivity contribution in [2.45, 2.75) is 19.4 Å². The third-order valence-corrected chi connectivity index (χ3v) is 2.73. The molecule has 1 atom stereocenters. The first-order valence-electron chi connectivity index (χ1n) is 4.35. The second kappa shape index (κ2) is 5.13. The van der Waals surface area contributed by atoms with Gasteiger partial charge in [0, 0.05) is 24.9 Å². The number of nitrogens with two attached hydrogens (primary N) is 1. The number of hydrogen-bond acceptors (Lipinski definition) is 5. The Morgan fingerprint density at radius 2 is 2.47 bits per heavy atom. The first kappa shape index (κ1) is 12.0. The average Bonchev–Trinajstić information content (AvgIpc) is 2.67. The zero-order valence-corrected chi connectivity index (χ0v) is 10.1. The molecule has 0 radical (unpaired) electrons. The predicted molar refractivity (Wildman–Crippen MR) is 62.9 cm³/mol. The van der Waals surface area contributed by atoms with E-state index in [1.165, 1.54) is 0 Å². The smallest absolute Gasteiger partial charge is 0.275 e. The highest BCUT2D eigenvalue weighted by molar-refractivity contribution is 7.80. The van der Waals surface area contributed by atoms with Crippen LogP contribution in [0.5, 0.6) is 0 Å². The minimum Gasteiger partial charge on any atom is -0.393 e. The molecule has 0 spiro atoms. The molecule has 1 amide bonds. The fraction of sp³-hybridized carbons (Fsp3) is 0.500. The van der Waals surface area contributed by atoms with Crippen LogP contribution in [0.25, 0.3) is 0 Å². The first-order chi connectivity index (χ1) is 7.02. The molecule has 1 heterocycles. The van der Waals surface area contributed by atoms with Gasteiger partial charge in [-0.25, -0.2) is 0 Å². The molecule has 0 aliphatic carbocycles. The van der Waals surface area contributed by atoms with E-state index in [0.717, 1.165) is 11.5 Å². The standard InChI is InChI=1S/C8H12N4OS2/c1-5(3-7(9)14)12(2)8(13)6-4-15-11-10-6/h4-5H,3H2,1-2H3,(H2,9,14). The van der Waals surface area contributed by atoms with E-state index in [-0.39, 0.29) is 11.9 Å². The van der Waals surface area contributed by atoms with Gasteiger partial charge in [0.25, 0.3) is 5.91 Å². The van der Waals surface area contributed by atoms with E-state index >= 15 is 0 Å². The lowest BCUT2D eigenvalue weighted by Gasteiger charge is -2.23. The Balaban J connectivity index is 2.64. The maximum Gasteiger partial charge on any atom is 0.275 e. The van der Waals surface area contributed by atoms with E-state index < -0.39 is 0 Å². The highest BCUT2D eigenvalue weighted by Crippen LogP contribution is 2.07. The largest absolute Gasteiger partial charge is 0.393 e. The zero-order chi connectivity index (χ0) is 11.4. The summed E-state index contributed by atoms with van der Waals surface area (Å²) in [5.41, 5.74) is 5.78. The van der Waals surface area contributed by atoms with Gasteiger partial charge >= 0.3 is 0 Å². The van der Waals surface area contributed by atoms with Crippen molar-refractivity contribution in [3.63, 3.8) is 0 Å². The summed E-state index contributed by atoms with van der Waals surface area (Å²) in [4.78, 5) is 13.7. The van der Waals surface area contributed by atoms with Gasteiger partial charge in [0.1, 0.15) is 0 Å². The highest BCUT2D eigenvalue weighted by atomic mass is 32.1. The molecule has 0 bridgehead atoms. The minimum absolute atomic E-state index is 0.0308. The van der Waals surface area contributed by atoms with Crippen LogP contribution in [0.2, 0.25) is 0 Å². The van der Waals surface area contributed by atoms with Crippen molar-refractivity contribution in [1.29, 1.82) is 0 Å². The molecule has 0 aliphatic heterocycles. The van der Waals surface area contributed by atoms with E-state index in [1.54, 1.807) is 17.3 Å². The molecule has 1 rings (SSSR count). The third kappa shape index (κ3) is 3.21. The molecule has 1 aromatic heterocycles. The van der Waals surface area contributed by atoms with Gasteiger partial charge in [-0.2, -0.15) is 0 Å². The number of nitrogens with zero attached hydrogens (tertiary/aromatic N) is 3. The predicted octanol–water partition coefficient (Wildman–Crippen LogP) is 0.675. The fourth-order valence-electron chi connectivity index (χ4n) is 1.07. The van der Waals surface area contributed by atoms with Gasteiger partial charge in [-0.1, -0.05) is 16.7 Å². The number of thiocarbonyl (C=S) groups is 1. The molecule has 5 nitrogen and oxygen atoms in total. The topological polar surface area (TPSA) is 72.1 Å². The van der Waals surface area contributed by atoms with Gasteiger partial charge < -0.3 is 10.6 Å². The summed E-state index contributed by atoms with van der Waals surface area (Å²) in [5.74, 6) is -0.160. The minimum atomic E-state index is -0.160. The second-order valence-corrected chi connectivity index (χ2v) is 4.36. The summed E-state index contributed by atoms with van der Waals surface area (Å²) in [6, 6.07) is -0.0308. The van der Waals surface area contributed by atoms with Crippen molar-refractivity contribution >= 4 is 34.6 Å². The Labute approximate surface area is 97.4 Å². The lowest BCUT2D eigenvalue weighted by Crippen LogP contribution is -2.37. The van der Waals surface area contributed by atoms with E-state index in [0.29, 0.717) is 17.1 Å². The van der Waals surface area contributed by atoms with Crippen molar-refractivity contribution in [3.8, 4) is 0 Å². The van der Waals surface area contributed by atoms with Gasteiger partial charge in [0.05, 0.1) is 4.99 Å². The van der Waals surface area contributed by atoms with Crippen molar-refractivity contribution < 1.29 is 4.79 Å². The average molecular weight is 244 g/mol. The maximum absolute atomic E-state index is 11.8. The Morgan fingerprint density at radius 1 is 1.80 bits per heavy atom. The fourth-order valence-corrected chi connectivity index (χ4v) is 1.74. The molecular formula is C8H12N4OS2. The van der Waals surface area contributed by atoms with Crippen LogP contribution in [0.15, 0.2) is 5.38 Å². The van der Waals surface area contributed by atoms with Gasteiger partial charge in [-0.05, 0) is 18.5 Å². The SMILES string of the molecule is CC(CC(N)=S)N(C)C(=O)c1csnn1. The monoisotopic (exact) mass is 244 g/mol. The van der Waals surface area contributed by atoms with Gasteiger partial charge in [0.15, 0.2) is 5.69 Å². The summed E-state index contributed by atoms with van der Waals surface area (Å²) in [6.07, 6.45) is 0.509. The number of carbonyl (C=O) groups is 1. The summed E-state index contributed by atoms with van der Waals surface area (Å²) in [7, 11) is 1.70. The van der Waals surface area contributed by atoms with Gasteiger partial charge in [-0.15, -0.1) is 5.10 Å². The number of hydrogen-bond donors (Lipinski definition) is 1. The Morgan fingerprint density at radius 3 is 2.93 bits per heavy atom. The summed E-state index contributed by atoms with van der Waals surface area (Å²) >= 11 is 5.94. The Hall–Kier alpha value is -1.08. The molecule has 1 aromatic rings. The number of carbonyl (C=O) groups excluding carboxylic acids is 1. The van der Waals surface area contributed by atoms with Crippen molar-refractivity contribution in [1.82, 2.24) is 14.5 Å². The molecule has 0 saturated heterocycles. The third-order valence-electron chi connectivity index (χ3n) is 2.06. The molecule has 7 heteroatoms. The van der Waals surface area contributed by atoms with Gasteiger partial charge in [0.2, 0.25) is 0 Å². The van der Waals surface area contributed by atoms with Crippen molar-refractivity contribution in [2.75, 3.05) is 7.05 Å². The number of rotatable bonds is 4. The first-order valence-corrected chi connectivity index (χ1v) is 5.59. The molecular weight excluding hydrogens is 232 g/mol. The normalized spacial score (nSPS) is 12.1. The Kier molecular flexibility index (Phi) is 4.10. The summed E-state index contributed by atoms with van der Waals surface area (Å²) < 4.78 is 3.64. The number of aromatic nitrogens is 2. The molecule has 1 unspecified atom stereocenters. The molecule has 0 fully saturated rings. The summed E-state index contributed by atoms with van der Waals surface area (Å²) in [5, 5.41) is 5.33. The molecule has 0 aromatic carbocycles. The van der Waals surface area contributed by atoms with E-state index in [1.807, 2.05) is 6.92 Å². The highest BCUT2D eigenvalue weighted by Gasteiger charge is 2.19. The van der Waals surface area contributed by atoms with Crippen LogP contribution in [0, 0.1) is 0 Å². The van der Waals surface area contributed by atoms with Crippen LogP contribution in [0.3, 0.4) is 0 Å². The molecule has 0 saturated carbocycles. The van der Waals surface area contributed by atoms with E-state index in [4.69, 9.17) is 18.0 Å². The van der Waals surface area contributed by atoms with Crippen molar-refractivity contribution in [2.24, 2.45) is 5.73 Å². The Bertz CT molecular complexity index is 352. The van der Waals surface area contributed by atoms with Gasteiger partial charge in [-0.3, -0.25) is 4.79 Å². The van der Waals surface area contributed by atoms with E-state index in [9.17, 15) is 4.79 Å².